The lowest BCUT2D eigenvalue weighted by atomic mass is 10.3. The Kier molecular flexibility index (Phi) is 5.18. The average Bonchev–Trinajstić information content (AvgIpc) is 2.24. The Labute approximate surface area is 113 Å². The molecule has 0 atom stereocenters. The zero-order valence-electron chi connectivity index (χ0n) is 10.5. The maximum atomic E-state index is 12.0. The van der Waals surface area contributed by atoms with Gasteiger partial charge in [0, 0.05) is 12.2 Å². The van der Waals surface area contributed by atoms with Gasteiger partial charge in [0.05, 0.1) is 17.2 Å². The van der Waals surface area contributed by atoms with Gasteiger partial charge in [0.2, 0.25) is 10.0 Å². The first-order valence-corrected chi connectivity index (χ1v) is 7.55. The molecule has 18 heavy (non-hydrogen) atoms. The third-order valence-corrected chi connectivity index (χ3v) is 4.53. The molecular formula is C11H17N3O2S2. The topological polar surface area (TPSA) is 76.3 Å². The summed E-state index contributed by atoms with van der Waals surface area (Å²) in [6, 6.07) is 5.51. The van der Waals surface area contributed by atoms with Gasteiger partial charge in [-0.25, -0.2) is 8.42 Å². The van der Waals surface area contributed by atoms with Crippen molar-refractivity contribution >= 4 is 27.2 Å². The number of aryl methyl sites for hydroxylation is 1. The number of sulfonamides is 1. The van der Waals surface area contributed by atoms with E-state index in [0.717, 1.165) is 5.69 Å². The highest BCUT2D eigenvalue weighted by Crippen LogP contribution is 2.08. The zero-order valence-corrected chi connectivity index (χ0v) is 12.1. The van der Waals surface area contributed by atoms with Gasteiger partial charge in [-0.2, -0.15) is 4.31 Å². The van der Waals surface area contributed by atoms with Gasteiger partial charge in [-0.3, -0.25) is 4.98 Å². The lowest BCUT2D eigenvalue weighted by Gasteiger charge is -2.19. The van der Waals surface area contributed by atoms with Crippen molar-refractivity contribution in [3.05, 3.63) is 29.6 Å². The first-order chi connectivity index (χ1) is 8.35. The quantitative estimate of drug-likeness (QED) is 0.784. The van der Waals surface area contributed by atoms with Crippen molar-refractivity contribution in [1.29, 1.82) is 0 Å². The number of hydrogen-bond donors (Lipinski definition) is 1. The third kappa shape index (κ3) is 4.32. The van der Waals surface area contributed by atoms with Crippen LogP contribution in [0.2, 0.25) is 0 Å². The molecule has 7 heteroatoms. The fourth-order valence-corrected chi connectivity index (χ4v) is 3.26. The summed E-state index contributed by atoms with van der Waals surface area (Å²) in [4.78, 5) is 4.26. The second-order valence-electron chi connectivity index (χ2n) is 3.92. The maximum absolute atomic E-state index is 12.0. The van der Waals surface area contributed by atoms with Crippen LogP contribution in [0.15, 0.2) is 18.2 Å². The van der Waals surface area contributed by atoms with E-state index < -0.39 is 10.0 Å². The number of rotatable bonds is 6. The van der Waals surface area contributed by atoms with E-state index in [0.29, 0.717) is 12.2 Å². The molecule has 0 fully saturated rings. The molecule has 0 amide bonds. The lowest BCUT2D eigenvalue weighted by Crippen LogP contribution is -2.36. The van der Waals surface area contributed by atoms with Crippen molar-refractivity contribution in [2.75, 3.05) is 12.3 Å². The van der Waals surface area contributed by atoms with Crippen molar-refractivity contribution in [2.24, 2.45) is 5.73 Å². The van der Waals surface area contributed by atoms with Gasteiger partial charge in [-0.05, 0) is 19.1 Å². The molecule has 0 radical (unpaired) electrons. The second kappa shape index (κ2) is 6.21. The van der Waals surface area contributed by atoms with Crippen molar-refractivity contribution < 1.29 is 8.42 Å². The molecule has 1 aromatic rings. The molecule has 0 saturated carbocycles. The van der Waals surface area contributed by atoms with Crippen LogP contribution in [0.25, 0.3) is 0 Å². The van der Waals surface area contributed by atoms with Crippen LogP contribution in [0, 0.1) is 6.92 Å². The predicted octanol–water partition coefficient (Wildman–Crippen LogP) is 0.828. The Morgan fingerprint density at radius 3 is 2.67 bits per heavy atom. The van der Waals surface area contributed by atoms with E-state index in [4.69, 9.17) is 5.73 Å². The molecule has 100 valence electrons. The van der Waals surface area contributed by atoms with Crippen molar-refractivity contribution in [3.8, 4) is 0 Å². The molecule has 0 aromatic carbocycles. The van der Waals surface area contributed by atoms with Crippen LogP contribution in [0.3, 0.4) is 0 Å². The highest BCUT2D eigenvalue weighted by atomic mass is 32.2. The van der Waals surface area contributed by atoms with Gasteiger partial charge in [-0.15, -0.1) is 0 Å². The molecule has 1 heterocycles. The lowest BCUT2D eigenvalue weighted by molar-refractivity contribution is 0.421. The molecule has 0 spiro atoms. The van der Waals surface area contributed by atoms with Crippen LogP contribution in [0.4, 0.5) is 0 Å². The monoisotopic (exact) mass is 287 g/mol. The molecule has 5 nitrogen and oxygen atoms in total. The fourth-order valence-electron chi connectivity index (χ4n) is 1.55. The normalized spacial score (nSPS) is 11.7. The average molecular weight is 287 g/mol. The van der Waals surface area contributed by atoms with Crippen molar-refractivity contribution in [3.63, 3.8) is 0 Å². The predicted molar refractivity (Wildman–Crippen MR) is 75.6 cm³/mol. The van der Waals surface area contributed by atoms with E-state index in [1.54, 1.807) is 13.0 Å². The highest BCUT2D eigenvalue weighted by molar-refractivity contribution is 7.92. The van der Waals surface area contributed by atoms with E-state index in [2.05, 4.69) is 17.2 Å². The maximum Gasteiger partial charge on any atom is 0.220 e. The third-order valence-electron chi connectivity index (χ3n) is 2.36. The SMILES string of the molecule is CCN(Cc1cccc(C)n1)S(=O)(=O)CC(N)=S. The first-order valence-electron chi connectivity index (χ1n) is 5.54. The zero-order chi connectivity index (χ0) is 13.8. The minimum Gasteiger partial charge on any atom is -0.392 e. The molecule has 0 unspecified atom stereocenters. The largest absolute Gasteiger partial charge is 0.392 e. The number of thiocarbonyl (C=S) groups is 1. The van der Waals surface area contributed by atoms with E-state index in [1.807, 2.05) is 19.1 Å². The van der Waals surface area contributed by atoms with Crippen LogP contribution in [-0.4, -0.2) is 35.0 Å². The molecule has 0 saturated heterocycles. The molecule has 0 aliphatic heterocycles. The van der Waals surface area contributed by atoms with E-state index >= 15 is 0 Å². The van der Waals surface area contributed by atoms with E-state index in [9.17, 15) is 8.42 Å². The van der Waals surface area contributed by atoms with Crippen LogP contribution in [0.5, 0.6) is 0 Å². The van der Waals surface area contributed by atoms with Crippen LogP contribution < -0.4 is 5.73 Å². The van der Waals surface area contributed by atoms with Gasteiger partial charge in [0.1, 0.15) is 5.75 Å². The molecule has 1 aromatic heterocycles. The van der Waals surface area contributed by atoms with Gasteiger partial charge >= 0.3 is 0 Å². The molecule has 0 aliphatic carbocycles. The Morgan fingerprint density at radius 1 is 1.50 bits per heavy atom. The van der Waals surface area contributed by atoms with Crippen LogP contribution in [-0.2, 0) is 16.6 Å². The summed E-state index contributed by atoms with van der Waals surface area (Å²) in [6.45, 7) is 4.24. The summed E-state index contributed by atoms with van der Waals surface area (Å²) in [7, 11) is -3.46. The number of aromatic nitrogens is 1. The number of nitrogens with zero attached hydrogens (tertiary/aromatic N) is 2. The fraction of sp³-hybridized carbons (Fsp3) is 0.455. The number of hydrogen-bond acceptors (Lipinski definition) is 4. The standard InChI is InChI=1S/C11H17N3O2S2/c1-3-14(18(15,16)8-11(12)17)7-10-6-4-5-9(2)13-10/h4-6H,3,7-8H2,1-2H3,(H2,12,17). The smallest absolute Gasteiger partial charge is 0.220 e. The number of pyridine rings is 1. The van der Waals surface area contributed by atoms with Crippen LogP contribution >= 0.6 is 12.2 Å². The van der Waals surface area contributed by atoms with Gasteiger partial charge < -0.3 is 5.73 Å². The summed E-state index contributed by atoms with van der Waals surface area (Å²) in [5.74, 6) is -0.304. The summed E-state index contributed by atoms with van der Waals surface area (Å²) in [5.41, 5.74) is 6.87. The Balaban J connectivity index is 2.88. The Hall–Kier alpha value is -1.05. The highest BCUT2D eigenvalue weighted by Gasteiger charge is 2.21. The first kappa shape index (κ1) is 15.0. The molecule has 0 aliphatic rings. The molecule has 1 rings (SSSR count). The van der Waals surface area contributed by atoms with E-state index in [-0.39, 0.29) is 17.3 Å². The summed E-state index contributed by atoms with van der Waals surface area (Å²) < 4.78 is 25.3. The van der Waals surface area contributed by atoms with Crippen molar-refractivity contribution in [2.45, 2.75) is 20.4 Å². The van der Waals surface area contributed by atoms with Crippen LogP contribution in [0.1, 0.15) is 18.3 Å². The summed E-state index contributed by atoms with van der Waals surface area (Å²) in [5, 5.41) is 0. The Bertz CT molecular complexity index is 529. The summed E-state index contributed by atoms with van der Waals surface area (Å²) in [6.07, 6.45) is 0. The summed E-state index contributed by atoms with van der Waals surface area (Å²) >= 11 is 4.65. The van der Waals surface area contributed by atoms with Crippen molar-refractivity contribution in [1.82, 2.24) is 9.29 Å². The molecule has 0 bridgehead atoms. The minimum absolute atomic E-state index is 0.0225. The van der Waals surface area contributed by atoms with Gasteiger partial charge in [-0.1, -0.05) is 25.2 Å². The van der Waals surface area contributed by atoms with Gasteiger partial charge in [0.25, 0.3) is 0 Å². The Morgan fingerprint density at radius 2 is 2.17 bits per heavy atom. The second-order valence-corrected chi connectivity index (χ2v) is 6.41. The number of nitrogens with two attached hydrogens (primary N) is 1. The minimum atomic E-state index is -3.46. The van der Waals surface area contributed by atoms with Gasteiger partial charge in [0.15, 0.2) is 0 Å². The van der Waals surface area contributed by atoms with E-state index in [1.165, 1.54) is 4.31 Å². The molecule has 2 N–H and O–H groups in total. The molecular weight excluding hydrogens is 270 g/mol.